The van der Waals surface area contributed by atoms with E-state index in [1.807, 2.05) is 30.7 Å². The van der Waals surface area contributed by atoms with E-state index in [9.17, 15) is 0 Å². The summed E-state index contributed by atoms with van der Waals surface area (Å²) in [6.45, 7) is 2.73. The molecule has 0 atom stereocenters. The predicted octanol–water partition coefficient (Wildman–Crippen LogP) is 3.76. The van der Waals surface area contributed by atoms with Gasteiger partial charge in [-0.1, -0.05) is 11.6 Å². The van der Waals surface area contributed by atoms with Gasteiger partial charge in [0.1, 0.15) is 11.6 Å². The first-order chi connectivity index (χ1) is 12.3. The summed E-state index contributed by atoms with van der Waals surface area (Å²) in [5.74, 6) is 2.53. The number of anilines is 1. The third-order valence-corrected chi connectivity index (χ3v) is 5.04. The molecule has 3 aromatic heterocycles. The van der Waals surface area contributed by atoms with Crippen LogP contribution in [0.4, 0.5) is 5.82 Å². The fourth-order valence-corrected chi connectivity index (χ4v) is 3.70. The van der Waals surface area contributed by atoms with E-state index >= 15 is 0 Å². The number of nitrogens with zero attached hydrogens (tertiary/aromatic N) is 5. The molecule has 0 bridgehead atoms. The van der Waals surface area contributed by atoms with Gasteiger partial charge in [0, 0.05) is 56.5 Å². The van der Waals surface area contributed by atoms with Crippen LogP contribution in [-0.4, -0.2) is 32.6 Å². The summed E-state index contributed by atoms with van der Waals surface area (Å²) in [6.07, 6.45) is 11.5. The lowest BCUT2D eigenvalue weighted by atomic mass is 9.95. The lowest BCUT2D eigenvalue weighted by Crippen LogP contribution is -2.34. The number of rotatable bonds is 4. The zero-order valence-electron chi connectivity index (χ0n) is 13.9. The van der Waals surface area contributed by atoms with Crippen LogP contribution in [0.2, 0.25) is 5.02 Å². The first kappa shape index (κ1) is 16.1. The minimum absolute atomic E-state index is 0.468. The van der Waals surface area contributed by atoms with Gasteiger partial charge >= 0.3 is 0 Å². The Bertz CT molecular complexity index is 825. The summed E-state index contributed by atoms with van der Waals surface area (Å²) in [7, 11) is 0. The minimum Gasteiger partial charge on any atom is -0.355 e. The molecule has 0 radical (unpaired) electrons. The molecule has 1 saturated heterocycles. The molecule has 3 aromatic rings. The van der Waals surface area contributed by atoms with Crippen molar-refractivity contribution in [3.8, 4) is 0 Å². The van der Waals surface area contributed by atoms with E-state index in [1.54, 1.807) is 6.20 Å². The highest BCUT2D eigenvalue weighted by Gasteiger charge is 2.25. The maximum absolute atomic E-state index is 6.28. The van der Waals surface area contributed by atoms with Gasteiger partial charge < -0.3 is 9.47 Å². The molecular weight excluding hydrogens is 334 g/mol. The molecule has 0 unspecified atom stereocenters. The summed E-state index contributed by atoms with van der Waals surface area (Å²) >= 11 is 6.28. The van der Waals surface area contributed by atoms with Crippen LogP contribution in [-0.2, 0) is 6.54 Å². The number of piperidine rings is 1. The number of pyridine rings is 2. The van der Waals surface area contributed by atoms with Crippen molar-refractivity contribution in [2.45, 2.75) is 25.3 Å². The summed E-state index contributed by atoms with van der Waals surface area (Å²) < 4.78 is 2.25. The number of halogens is 1. The molecule has 0 amide bonds. The fourth-order valence-electron chi connectivity index (χ4n) is 3.46. The van der Waals surface area contributed by atoms with Gasteiger partial charge in [0.05, 0.1) is 5.02 Å². The van der Waals surface area contributed by atoms with E-state index < -0.39 is 0 Å². The molecular formula is C19H20ClN5. The number of hydrogen-bond acceptors (Lipinski definition) is 4. The topological polar surface area (TPSA) is 46.8 Å². The quantitative estimate of drug-likeness (QED) is 0.716. The first-order valence-electron chi connectivity index (χ1n) is 8.56. The molecule has 0 N–H and O–H groups in total. The molecule has 1 aliphatic rings. The van der Waals surface area contributed by atoms with Crippen molar-refractivity contribution >= 4 is 17.4 Å². The third kappa shape index (κ3) is 3.51. The third-order valence-electron chi connectivity index (χ3n) is 4.75. The van der Waals surface area contributed by atoms with Crippen LogP contribution in [0.5, 0.6) is 0 Å². The Morgan fingerprint density at radius 2 is 1.80 bits per heavy atom. The molecule has 128 valence electrons. The molecule has 0 aliphatic carbocycles. The van der Waals surface area contributed by atoms with Crippen LogP contribution < -0.4 is 4.90 Å². The van der Waals surface area contributed by atoms with Crippen molar-refractivity contribution in [2.75, 3.05) is 18.0 Å². The van der Waals surface area contributed by atoms with Crippen LogP contribution in [0, 0.1) is 0 Å². The molecule has 0 spiro atoms. The average molecular weight is 354 g/mol. The lowest BCUT2D eigenvalue weighted by Gasteiger charge is -2.33. The van der Waals surface area contributed by atoms with Crippen molar-refractivity contribution in [1.29, 1.82) is 0 Å². The first-order valence-corrected chi connectivity index (χ1v) is 8.94. The van der Waals surface area contributed by atoms with Crippen molar-refractivity contribution in [3.05, 3.63) is 71.7 Å². The summed E-state index contributed by atoms with van der Waals surface area (Å²) in [5.41, 5.74) is 1.24. The molecule has 1 aliphatic heterocycles. The number of hydrogen-bond donors (Lipinski definition) is 0. The zero-order valence-corrected chi connectivity index (χ0v) is 14.7. The van der Waals surface area contributed by atoms with Gasteiger partial charge in [-0.15, -0.1) is 0 Å². The SMILES string of the molecule is Clc1cccnc1N1CCC(c2nccn2Cc2ccncc2)CC1. The smallest absolute Gasteiger partial charge is 0.147 e. The molecule has 0 saturated carbocycles. The molecule has 0 aromatic carbocycles. The van der Waals surface area contributed by atoms with Crippen LogP contribution in [0.1, 0.15) is 30.1 Å². The van der Waals surface area contributed by atoms with Crippen molar-refractivity contribution in [2.24, 2.45) is 0 Å². The highest BCUT2D eigenvalue weighted by molar-refractivity contribution is 6.32. The predicted molar refractivity (Wildman–Crippen MR) is 99.0 cm³/mol. The monoisotopic (exact) mass is 353 g/mol. The number of aromatic nitrogens is 4. The molecule has 4 heterocycles. The maximum Gasteiger partial charge on any atom is 0.147 e. The molecule has 1 fully saturated rings. The Morgan fingerprint density at radius 1 is 1.00 bits per heavy atom. The minimum atomic E-state index is 0.468. The highest BCUT2D eigenvalue weighted by atomic mass is 35.5. The van der Waals surface area contributed by atoms with E-state index in [0.717, 1.165) is 43.3 Å². The van der Waals surface area contributed by atoms with Crippen LogP contribution in [0.25, 0.3) is 0 Å². The largest absolute Gasteiger partial charge is 0.355 e. The molecule has 25 heavy (non-hydrogen) atoms. The second kappa shape index (κ2) is 7.23. The Hall–Kier alpha value is -2.40. The van der Waals surface area contributed by atoms with Crippen molar-refractivity contribution in [1.82, 2.24) is 19.5 Å². The lowest BCUT2D eigenvalue weighted by molar-refractivity contribution is 0.468. The van der Waals surface area contributed by atoms with Crippen LogP contribution in [0.15, 0.2) is 55.2 Å². The Balaban J connectivity index is 1.45. The van der Waals surface area contributed by atoms with Gasteiger partial charge in [-0.25, -0.2) is 9.97 Å². The van der Waals surface area contributed by atoms with Gasteiger partial charge in [0.2, 0.25) is 0 Å². The molecule has 5 nitrogen and oxygen atoms in total. The van der Waals surface area contributed by atoms with Gasteiger partial charge in [-0.2, -0.15) is 0 Å². The summed E-state index contributed by atoms with van der Waals surface area (Å²) in [4.78, 5) is 15.4. The zero-order chi connectivity index (χ0) is 17.1. The Labute approximate surface area is 152 Å². The van der Waals surface area contributed by atoms with E-state index in [0.29, 0.717) is 5.92 Å². The summed E-state index contributed by atoms with van der Waals surface area (Å²) in [5, 5.41) is 0.722. The van der Waals surface area contributed by atoms with Crippen LogP contribution in [0.3, 0.4) is 0 Å². The van der Waals surface area contributed by atoms with Crippen molar-refractivity contribution in [3.63, 3.8) is 0 Å². The molecule has 6 heteroatoms. The van der Waals surface area contributed by atoms with Crippen LogP contribution >= 0.6 is 11.6 Å². The highest BCUT2D eigenvalue weighted by Crippen LogP contribution is 2.31. The number of imidazole rings is 1. The van der Waals surface area contributed by atoms with E-state index in [4.69, 9.17) is 11.6 Å². The second-order valence-electron chi connectivity index (χ2n) is 6.34. The van der Waals surface area contributed by atoms with Gasteiger partial charge in [0.15, 0.2) is 0 Å². The Kier molecular flexibility index (Phi) is 4.65. The Morgan fingerprint density at radius 3 is 2.56 bits per heavy atom. The van der Waals surface area contributed by atoms with Gasteiger partial charge in [-0.3, -0.25) is 4.98 Å². The van der Waals surface area contributed by atoms with Gasteiger partial charge in [0.25, 0.3) is 0 Å². The van der Waals surface area contributed by atoms with Crippen molar-refractivity contribution < 1.29 is 0 Å². The fraction of sp³-hybridized carbons (Fsp3) is 0.316. The van der Waals surface area contributed by atoms with E-state index in [1.165, 1.54) is 11.4 Å². The summed E-state index contributed by atoms with van der Waals surface area (Å²) in [6, 6.07) is 7.87. The van der Waals surface area contributed by atoms with E-state index in [-0.39, 0.29) is 0 Å². The standard InChI is InChI=1S/C19H20ClN5/c20-17-2-1-7-22-19(17)24-11-5-16(6-12-24)18-23-10-13-25(18)14-15-3-8-21-9-4-15/h1-4,7-10,13,16H,5-6,11-12,14H2. The molecule has 4 rings (SSSR count). The maximum atomic E-state index is 6.28. The normalized spacial score (nSPS) is 15.5. The second-order valence-corrected chi connectivity index (χ2v) is 6.75. The van der Waals surface area contributed by atoms with Gasteiger partial charge in [-0.05, 0) is 42.7 Å². The average Bonchev–Trinajstić information content (AvgIpc) is 3.11. The van der Waals surface area contributed by atoms with E-state index in [2.05, 4.69) is 42.7 Å².